The van der Waals surface area contributed by atoms with Gasteiger partial charge in [-0.15, -0.1) is 0 Å². The molecule has 4 rings (SSSR count). The molecule has 1 atom stereocenters. The number of benzene rings is 2. The van der Waals surface area contributed by atoms with E-state index in [1.54, 1.807) is 0 Å². The molecule has 0 fully saturated rings. The number of rotatable bonds is 4. The molecule has 0 aliphatic carbocycles. The smallest absolute Gasteiger partial charge is 0.322 e. The zero-order valence-corrected chi connectivity index (χ0v) is 18.4. The highest BCUT2D eigenvalue weighted by Crippen LogP contribution is 2.35. The second-order valence-corrected chi connectivity index (χ2v) is 8.01. The zero-order valence-electron chi connectivity index (χ0n) is 17.6. The first-order valence-electron chi connectivity index (χ1n) is 9.98. The molecular formula is C22H15ClF4N6O2. The monoisotopic (exact) mass is 506 g/mol. The lowest BCUT2D eigenvalue weighted by atomic mass is 10.0. The number of amides is 3. The van der Waals surface area contributed by atoms with Crippen molar-refractivity contribution < 1.29 is 27.2 Å². The highest BCUT2D eigenvalue weighted by molar-refractivity contribution is 6.31. The fourth-order valence-electron chi connectivity index (χ4n) is 3.77. The molecule has 0 bridgehead atoms. The summed E-state index contributed by atoms with van der Waals surface area (Å²) in [6, 6.07) is 4.38. The van der Waals surface area contributed by atoms with Crippen molar-refractivity contribution in [2.75, 3.05) is 11.9 Å². The topological polar surface area (TPSA) is 97.6 Å². The van der Waals surface area contributed by atoms with Crippen LogP contribution in [0.4, 0.5) is 33.7 Å². The maximum Gasteiger partial charge on any atom is 0.322 e. The molecule has 3 amide bonds. The first-order valence-corrected chi connectivity index (χ1v) is 10.4. The van der Waals surface area contributed by atoms with Crippen LogP contribution >= 0.6 is 11.6 Å². The quantitative estimate of drug-likeness (QED) is 0.385. The first kappa shape index (κ1) is 24.0. The van der Waals surface area contributed by atoms with Crippen LogP contribution in [0.2, 0.25) is 5.02 Å². The zero-order chi connectivity index (χ0) is 25.4. The Labute approximate surface area is 200 Å². The molecule has 3 aromatic rings. The van der Waals surface area contributed by atoms with Gasteiger partial charge in [0, 0.05) is 11.3 Å². The van der Waals surface area contributed by atoms with Crippen LogP contribution in [0.3, 0.4) is 0 Å². The Morgan fingerprint density at radius 3 is 2.54 bits per heavy atom. The van der Waals surface area contributed by atoms with Gasteiger partial charge < -0.3 is 16.0 Å². The summed E-state index contributed by atoms with van der Waals surface area (Å²) in [5.74, 6) is -2.58. The molecule has 1 aliphatic rings. The van der Waals surface area contributed by atoms with E-state index in [1.807, 2.05) is 0 Å². The van der Waals surface area contributed by atoms with Crippen molar-refractivity contribution in [3.05, 3.63) is 75.7 Å². The van der Waals surface area contributed by atoms with Gasteiger partial charge in [0.2, 0.25) is 5.69 Å². The normalized spacial score (nSPS) is 15.0. The second-order valence-electron chi connectivity index (χ2n) is 7.60. The van der Waals surface area contributed by atoms with Crippen LogP contribution in [0.1, 0.15) is 22.1 Å². The molecule has 1 aliphatic heterocycles. The van der Waals surface area contributed by atoms with Gasteiger partial charge in [-0.2, -0.15) is 5.10 Å². The van der Waals surface area contributed by atoms with Gasteiger partial charge in [0.05, 0.1) is 35.9 Å². The van der Waals surface area contributed by atoms with Gasteiger partial charge >= 0.3 is 6.03 Å². The molecule has 2 heterocycles. The Kier molecular flexibility index (Phi) is 6.36. The molecule has 8 nitrogen and oxygen atoms in total. The largest absolute Gasteiger partial charge is 0.365 e. The standard InChI is InChI=1S/C22H15ClF4N6O2/c1-29-15-5-3-11(7-14(15)25)30-22(35)32-8-16-18(21(28)34)19(10-2-4-13(24)12(23)6-10)31-33(16)17(9-32)20(26)27/h2-7,17,20H,8-9H2,(H2,28,34)(H,30,35)/t17-/m0/s1. The number of halogens is 5. The number of carbonyl (C=O) groups excluding carboxylic acids is 2. The van der Waals surface area contributed by atoms with Crippen molar-refractivity contribution in [2.45, 2.75) is 19.0 Å². The molecular weight excluding hydrogens is 492 g/mol. The molecule has 0 radical (unpaired) electrons. The number of nitrogens with one attached hydrogen (secondary N) is 1. The summed E-state index contributed by atoms with van der Waals surface area (Å²) in [6.45, 7) is 6.07. The molecule has 0 unspecified atom stereocenters. The number of urea groups is 1. The lowest BCUT2D eigenvalue weighted by Gasteiger charge is -2.33. The van der Waals surface area contributed by atoms with Crippen molar-refractivity contribution in [3.8, 4) is 11.3 Å². The fourth-order valence-corrected chi connectivity index (χ4v) is 3.95. The molecule has 0 spiro atoms. The average Bonchev–Trinajstić information content (AvgIpc) is 3.20. The van der Waals surface area contributed by atoms with E-state index in [0.717, 1.165) is 27.8 Å². The summed E-state index contributed by atoms with van der Waals surface area (Å²) in [7, 11) is 0. The molecule has 2 aromatic carbocycles. The highest BCUT2D eigenvalue weighted by atomic mass is 35.5. The SMILES string of the molecule is [C-]#[N+]c1ccc(NC(=O)N2Cc3c(C(N)=O)c(-c4ccc(F)c(Cl)c4)nn3[C@H](C(F)F)C2)cc1F. The van der Waals surface area contributed by atoms with Crippen LogP contribution < -0.4 is 11.1 Å². The summed E-state index contributed by atoms with van der Waals surface area (Å²) in [5, 5.41) is 6.26. The Bertz CT molecular complexity index is 1390. The van der Waals surface area contributed by atoms with E-state index < -0.39 is 42.6 Å². The van der Waals surface area contributed by atoms with E-state index in [1.165, 1.54) is 18.2 Å². The van der Waals surface area contributed by atoms with Crippen molar-refractivity contribution in [1.82, 2.24) is 14.7 Å². The van der Waals surface area contributed by atoms with Gasteiger partial charge in [0.25, 0.3) is 12.3 Å². The Morgan fingerprint density at radius 1 is 1.20 bits per heavy atom. The van der Waals surface area contributed by atoms with E-state index >= 15 is 0 Å². The summed E-state index contributed by atoms with van der Waals surface area (Å²) < 4.78 is 56.4. The molecule has 0 saturated heterocycles. The van der Waals surface area contributed by atoms with E-state index in [0.29, 0.717) is 0 Å². The number of nitrogens with two attached hydrogens (primary N) is 1. The second kappa shape index (κ2) is 9.27. The average molecular weight is 507 g/mol. The third-order valence-corrected chi connectivity index (χ3v) is 5.70. The Balaban J connectivity index is 1.72. The third kappa shape index (κ3) is 4.50. The maximum atomic E-state index is 14.0. The number of carbonyl (C=O) groups is 2. The van der Waals surface area contributed by atoms with Gasteiger partial charge in [-0.3, -0.25) is 9.48 Å². The van der Waals surface area contributed by atoms with Crippen molar-refractivity contribution in [1.29, 1.82) is 0 Å². The minimum Gasteiger partial charge on any atom is -0.365 e. The van der Waals surface area contributed by atoms with Crippen LogP contribution in [-0.4, -0.2) is 39.6 Å². The van der Waals surface area contributed by atoms with E-state index in [4.69, 9.17) is 23.9 Å². The van der Waals surface area contributed by atoms with Gasteiger partial charge in [-0.25, -0.2) is 27.2 Å². The maximum absolute atomic E-state index is 14.0. The minimum atomic E-state index is -2.98. The van der Waals surface area contributed by atoms with Crippen molar-refractivity contribution >= 4 is 34.9 Å². The van der Waals surface area contributed by atoms with Crippen LogP contribution in [0, 0.1) is 18.2 Å². The molecule has 13 heteroatoms. The van der Waals surface area contributed by atoms with Crippen molar-refractivity contribution in [3.63, 3.8) is 0 Å². The lowest BCUT2D eigenvalue weighted by Crippen LogP contribution is -2.45. The van der Waals surface area contributed by atoms with Gasteiger partial charge in [0.1, 0.15) is 23.4 Å². The predicted octanol–water partition coefficient (Wildman–Crippen LogP) is 4.99. The van der Waals surface area contributed by atoms with Crippen LogP contribution in [-0.2, 0) is 6.54 Å². The number of nitrogens with zero attached hydrogens (tertiary/aromatic N) is 4. The Hall–Kier alpha value is -4.11. The fraction of sp³-hybridized carbons (Fsp3) is 0.182. The highest BCUT2D eigenvalue weighted by Gasteiger charge is 2.38. The van der Waals surface area contributed by atoms with E-state index in [-0.39, 0.29) is 45.5 Å². The third-order valence-electron chi connectivity index (χ3n) is 5.41. The number of hydrogen-bond donors (Lipinski definition) is 2. The number of hydrogen-bond acceptors (Lipinski definition) is 3. The number of fused-ring (bicyclic) bond motifs is 1. The van der Waals surface area contributed by atoms with Crippen LogP contribution in [0.25, 0.3) is 16.1 Å². The van der Waals surface area contributed by atoms with E-state index in [2.05, 4.69) is 15.3 Å². The number of alkyl halides is 2. The molecule has 1 aromatic heterocycles. The first-order chi connectivity index (χ1) is 16.6. The molecule has 35 heavy (non-hydrogen) atoms. The molecule has 0 saturated carbocycles. The van der Waals surface area contributed by atoms with Gasteiger partial charge in [0.15, 0.2) is 0 Å². The van der Waals surface area contributed by atoms with Crippen LogP contribution in [0.15, 0.2) is 36.4 Å². The summed E-state index contributed by atoms with van der Waals surface area (Å²) in [4.78, 5) is 29.1. The number of aromatic nitrogens is 2. The summed E-state index contributed by atoms with van der Waals surface area (Å²) >= 11 is 5.82. The summed E-state index contributed by atoms with van der Waals surface area (Å²) in [5.41, 5.74) is 5.11. The number of primary amides is 1. The lowest BCUT2D eigenvalue weighted by molar-refractivity contribution is 0.0444. The predicted molar refractivity (Wildman–Crippen MR) is 118 cm³/mol. The van der Waals surface area contributed by atoms with E-state index in [9.17, 15) is 27.2 Å². The van der Waals surface area contributed by atoms with Crippen molar-refractivity contribution in [2.24, 2.45) is 5.73 Å². The minimum absolute atomic E-state index is 0.00402. The van der Waals surface area contributed by atoms with Crippen LogP contribution in [0.5, 0.6) is 0 Å². The molecule has 3 N–H and O–H groups in total. The summed E-state index contributed by atoms with van der Waals surface area (Å²) in [6.07, 6.45) is -2.98. The molecule has 180 valence electrons. The van der Waals surface area contributed by atoms with Gasteiger partial charge in [-0.1, -0.05) is 17.7 Å². The van der Waals surface area contributed by atoms with Gasteiger partial charge in [-0.05, 0) is 30.3 Å². The Morgan fingerprint density at radius 2 is 1.94 bits per heavy atom. The number of anilines is 1.